The number of aryl methyl sites for hydroxylation is 1. The summed E-state index contributed by atoms with van der Waals surface area (Å²) < 4.78 is 12.8. The molecule has 0 aliphatic heterocycles. The zero-order valence-corrected chi connectivity index (χ0v) is 16.1. The van der Waals surface area contributed by atoms with Gasteiger partial charge in [-0.1, -0.05) is 17.7 Å². The van der Waals surface area contributed by atoms with E-state index in [1.807, 2.05) is 31.2 Å². The van der Waals surface area contributed by atoms with Crippen LogP contribution in [-0.2, 0) is 0 Å². The largest absolute Gasteiger partial charge is 0.370 e. The molecule has 3 N–H and O–H groups in total. The zero-order chi connectivity index (χ0) is 15.8. The fourth-order valence-electron chi connectivity index (χ4n) is 1.81. The Bertz CT molecular complexity index is 615. The molecule has 2 aromatic carbocycles. The number of nitrogens with one attached hydrogen (secondary N) is 1. The van der Waals surface area contributed by atoms with E-state index in [0.29, 0.717) is 12.5 Å². The summed E-state index contributed by atoms with van der Waals surface area (Å²) in [7, 11) is 0. The van der Waals surface area contributed by atoms with Gasteiger partial charge in [0.1, 0.15) is 5.82 Å². The molecule has 124 valence electrons. The number of halogens is 2. The molecule has 0 amide bonds. The van der Waals surface area contributed by atoms with Crippen LogP contribution in [0.5, 0.6) is 0 Å². The van der Waals surface area contributed by atoms with Crippen molar-refractivity contribution < 1.29 is 4.39 Å². The maximum atomic E-state index is 12.8. The van der Waals surface area contributed by atoms with Crippen molar-refractivity contribution in [1.82, 2.24) is 0 Å². The number of nitrogens with two attached hydrogens (primary N) is 1. The van der Waals surface area contributed by atoms with E-state index in [4.69, 9.17) is 5.73 Å². The highest BCUT2D eigenvalue weighted by Gasteiger charge is 1.96. The second-order valence-electron chi connectivity index (χ2n) is 4.91. The van der Waals surface area contributed by atoms with E-state index in [2.05, 4.69) is 10.3 Å². The third-order valence-corrected chi connectivity index (χ3v) is 4.09. The van der Waals surface area contributed by atoms with Crippen molar-refractivity contribution in [3.63, 3.8) is 0 Å². The minimum absolute atomic E-state index is 0. The van der Waals surface area contributed by atoms with Gasteiger partial charge < -0.3 is 11.1 Å². The second-order valence-corrected chi connectivity index (χ2v) is 6.08. The predicted octanol–water partition coefficient (Wildman–Crippen LogP) is 4.66. The molecule has 0 fully saturated rings. The highest BCUT2D eigenvalue weighted by molar-refractivity contribution is 14.0. The molecule has 23 heavy (non-hydrogen) atoms. The van der Waals surface area contributed by atoms with Crippen LogP contribution in [0.4, 0.5) is 10.1 Å². The van der Waals surface area contributed by atoms with Crippen molar-refractivity contribution in [2.75, 3.05) is 17.6 Å². The van der Waals surface area contributed by atoms with Crippen molar-refractivity contribution in [2.45, 2.75) is 18.2 Å². The number of nitrogens with zero attached hydrogens (tertiary/aromatic N) is 1. The summed E-state index contributed by atoms with van der Waals surface area (Å²) in [5.41, 5.74) is 7.99. The lowest BCUT2D eigenvalue weighted by atomic mass is 10.2. The van der Waals surface area contributed by atoms with Gasteiger partial charge in [0.15, 0.2) is 5.96 Å². The van der Waals surface area contributed by atoms with Crippen LogP contribution in [-0.4, -0.2) is 18.3 Å². The number of thioether (sulfide) groups is 1. The van der Waals surface area contributed by atoms with Gasteiger partial charge in [-0.05, 0) is 55.5 Å². The summed E-state index contributed by atoms with van der Waals surface area (Å²) >= 11 is 1.69. The van der Waals surface area contributed by atoms with Gasteiger partial charge in [0.05, 0.1) is 0 Å². The van der Waals surface area contributed by atoms with E-state index in [9.17, 15) is 4.39 Å². The Labute approximate surface area is 158 Å². The highest BCUT2D eigenvalue weighted by atomic mass is 127. The molecule has 0 aliphatic carbocycles. The van der Waals surface area contributed by atoms with E-state index >= 15 is 0 Å². The van der Waals surface area contributed by atoms with Crippen LogP contribution >= 0.6 is 35.7 Å². The summed E-state index contributed by atoms with van der Waals surface area (Å²) in [5.74, 6) is 1.15. The average Bonchev–Trinajstić information content (AvgIpc) is 2.51. The number of aliphatic imine (C=N–C) groups is 1. The first-order valence-electron chi connectivity index (χ1n) is 7.15. The molecule has 0 spiro atoms. The van der Waals surface area contributed by atoms with Gasteiger partial charge in [-0.2, -0.15) is 0 Å². The van der Waals surface area contributed by atoms with Crippen molar-refractivity contribution in [1.29, 1.82) is 0 Å². The molecule has 2 rings (SSSR count). The molecule has 0 atom stereocenters. The monoisotopic (exact) mass is 445 g/mol. The van der Waals surface area contributed by atoms with Crippen LogP contribution in [0.15, 0.2) is 58.4 Å². The topological polar surface area (TPSA) is 50.4 Å². The van der Waals surface area contributed by atoms with E-state index < -0.39 is 0 Å². The maximum Gasteiger partial charge on any atom is 0.193 e. The number of anilines is 1. The maximum absolute atomic E-state index is 12.8. The van der Waals surface area contributed by atoms with Gasteiger partial charge in [0, 0.05) is 17.1 Å². The van der Waals surface area contributed by atoms with Gasteiger partial charge in [-0.25, -0.2) is 4.39 Å². The Kier molecular flexibility index (Phi) is 9.01. The minimum Gasteiger partial charge on any atom is -0.370 e. The molecule has 0 saturated heterocycles. The molecular weight excluding hydrogens is 424 g/mol. The number of rotatable bonds is 6. The standard InChI is InChI=1S/C17H20FN3S.HI/c1-13-3-7-15(8-4-13)21-17(19)20-11-2-12-22-16-9-5-14(18)6-10-16;/h3-10H,2,11-12H2,1H3,(H3,19,20,21);1H. The molecule has 0 heterocycles. The highest BCUT2D eigenvalue weighted by Crippen LogP contribution is 2.18. The average molecular weight is 445 g/mol. The molecule has 6 heteroatoms. The molecule has 0 unspecified atom stereocenters. The normalized spacial score (nSPS) is 11.0. The number of hydrogen-bond acceptors (Lipinski definition) is 2. The van der Waals surface area contributed by atoms with Gasteiger partial charge in [0.2, 0.25) is 0 Å². The van der Waals surface area contributed by atoms with Gasteiger partial charge in [-0.3, -0.25) is 4.99 Å². The van der Waals surface area contributed by atoms with E-state index in [-0.39, 0.29) is 29.8 Å². The second kappa shape index (κ2) is 10.5. The predicted molar refractivity (Wildman–Crippen MR) is 108 cm³/mol. The molecule has 0 aliphatic rings. The first kappa shape index (κ1) is 19.8. The fraction of sp³-hybridized carbons (Fsp3) is 0.235. The zero-order valence-electron chi connectivity index (χ0n) is 13.0. The van der Waals surface area contributed by atoms with Crippen LogP contribution in [0, 0.1) is 12.7 Å². The lowest BCUT2D eigenvalue weighted by Crippen LogP contribution is -2.22. The molecule has 0 aromatic heterocycles. The molecule has 0 radical (unpaired) electrons. The van der Waals surface area contributed by atoms with E-state index in [1.165, 1.54) is 17.7 Å². The molecule has 0 saturated carbocycles. The summed E-state index contributed by atoms with van der Waals surface area (Å²) in [6.07, 6.45) is 0.915. The summed E-state index contributed by atoms with van der Waals surface area (Å²) in [5, 5.41) is 3.06. The third kappa shape index (κ3) is 7.69. The van der Waals surface area contributed by atoms with Crippen LogP contribution in [0.3, 0.4) is 0 Å². The first-order valence-corrected chi connectivity index (χ1v) is 8.14. The van der Waals surface area contributed by atoms with Crippen molar-refractivity contribution in [3.8, 4) is 0 Å². The smallest absolute Gasteiger partial charge is 0.193 e. The Hall–Kier alpha value is -1.28. The van der Waals surface area contributed by atoms with Gasteiger partial charge in [-0.15, -0.1) is 35.7 Å². The fourth-order valence-corrected chi connectivity index (χ4v) is 2.65. The van der Waals surface area contributed by atoms with Crippen LogP contribution < -0.4 is 11.1 Å². The number of hydrogen-bond donors (Lipinski definition) is 2. The van der Waals surface area contributed by atoms with E-state index in [1.54, 1.807) is 23.9 Å². The van der Waals surface area contributed by atoms with Gasteiger partial charge in [0.25, 0.3) is 0 Å². The molecule has 3 nitrogen and oxygen atoms in total. The van der Waals surface area contributed by atoms with Crippen molar-refractivity contribution in [2.24, 2.45) is 10.7 Å². The van der Waals surface area contributed by atoms with Gasteiger partial charge >= 0.3 is 0 Å². The number of guanidine groups is 1. The lowest BCUT2D eigenvalue weighted by molar-refractivity contribution is 0.626. The molecule has 2 aromatic rings. The molecule has 0 bridgehead atoms. The third-order valence-electron chi connectivity index (χ3n) is 2.99. The Morgan fingerprint density at radius 3 is 2.43 bits per heavy atom. The summed E-state index contributed by atoms with van der Waals surface area (Å²) in [6, 6.07) is 14.5. The Morgan fingerprint density at radius 1 is 1.13 bits per heavy atom. The first-order chi connectivity index (χ1) is 10.6. The van der Waals surface area contributed by atoms with Crippen LogP contribution in [0.2, 0.25) is 0 Å². The molecular formula is C17H21FIN3S. The van der Waals surface area contributed by atoms with Crippen molar-refractivity contribution in [3.05, 3.63) is 59.9 Å². The van der Waals surface area contributed by atoms with Crippen molar-refractivity contribution >= 4 is 47.4 Å². The van der Waals surface area contributed by atoms with Crippen LogP contribution in [0.1, 0.15) is 12.0 Å². The Balaban J connectivity index is 0.00000264. The van der Waals surface area contributed by atoms with E-state index in [0.717, 1.165) is 22.8 Å². The Morgan fingerprint density at radius 2 is 1.78 bits per heavy atom. The summed E-state index contributed by atoms with van der Waals surface area (Å²) in [4.78, 5) is 5.36. The van der Waals surface area contributed by atoms with Crippen LogP contribution in [0.25, 0.3) is 0 Å². The number of benzene rings is 2. The summed E-state index contributed by atoms with van der Waals surface area (Å²) in [6.45, 7) is 2.71. The minimum atomic E-state index is -0.205. The quantitative estimate of drug-likeness (QED) is 0.224. The SMILES string of the molecule is Cc1ccc(NC(N)=NCCCSc2ccc(F)cc2)cc1.I. The lowest BCUT2D eigenvalue weighted by Gasteiger charge is -2.06.